The van der Waals surface area contributed by atoms with E-state index in [2.05, 4.69) is 5.32 Å². The number of rotatable bonds is 7. The molecule has 0 saturated carbocycles. The molecule has 7 nitrogen and oxygen atoms in total. The average molecular weight is 343 g/mol. The van der Waals surface area contributed by atoms with E-state index in [1.807, 2.05) is 0 Å². The highest BCUT2D eigenvalue weighted by Crippen LogP contribution is 2.25. The second-order valence-corrected chi connectivity index (χ2v) is 5.14. The Morgan fingerprint density at radius 2 is 1.88 bits per heavy atom. The quantitative estimate of drug-likeness (QED) is 0.749. The molecule has 2 aromatic carbocycles. The predicted octanol–water partition coefficient (Wildman–Crippen LogP) is 2.61. The smallest absolute Gasteiger partial charge is 0.339 e. The third-order valence-corrected chi connectivity index (χ3v) is 3.33. The summed E-state index contributed by atoms with van der Waals surface area (Å²) in [6.45, 7) is 1.04. The third kappa shape index (κ3) is 4.81. The van der Waals surface area contributed by atoms with E-state index in [1.54, 1.807) is 24.3 Å². The van der Waals surface area contributed by atoms with Gasteiger partial charge in [-0.3, -0.25) is 9.59 Å². The molecule has 2 aromatic rings. The summed E-state index contributed by atoms with van der Waals surface area (Å²) >= 11 is 0. The monoisotopic (exact) mass is 343 g/mol. The van der Waals surface area contributed by atoms with Crippen LogP contribution in [0.2, 0.25) is 0 Å². The first-order chi connectivity index (χ1) is 11.9. The van der Waals surface area contributed by atoms with Gasteiger partial charge >= 0.3 is 5.97 Å². The second kappa shape index (κ2) is 7.96. The van der Waals surface area contributed by atoms with E-state index in [1.165, 1.54) is 32.2 Å². The molecule has 0 atom stereocenters. The Balaban J connectivity index is 2.06. The van der Waals surface area contributed by atoms with Gasteiger partial charge < -0.3 is 19.9 Å². The highest BCUT2D eigenvalue weighted by atomic mass is 16.5. The van der Waals surface area contributed by atoms with E-state index in [-0.39, 0.29) is 17.1 Å². The molecule has 25 heavy (non-hydrogen) atoms. The molecule has 0 aliphatic carbocycles. The number of carboxylic acid groups (broad SMARTS) is 1. The number of ether oxygens (including phenoxy) is 2. The number of hydrogen-bond acceptors (Lipinski definition) is 5. The Kier molecular flexibility index (Phi) is 5.73. The Hall–Kier alpha value is -3.35. The van der Waals surface area contributed by atoms with Crippen LogP contribution >= 0.6 is 0 Å². The molecule has 2 N–H and O–H groups in total. The molecule has 0 bridgehead atoms. The highest BCUT2D eigenvalue weighted by molar-refractivity contribution is 5.97. The van der Waals surface area contributed by atoms with Crippen molar-refractivity contribution in [2.45, 2.75) is 6.92 Å². The maximum atomic E-state index is 12.0. The van der Waals surface area contributed by atoms with Crippen molar-refractivity contribution in [3.05, 3.63) is 53.6 Å². The molecule has 0 saturated heterocycles. The summed E-state index contributed by atoms with van der Waals surface area (Å²) < 4.78 is 10.3. The average Bonchev–Trinajstić information content (AvgIpc) is 2.59. The van der Waals surface area contributed by atoms with Crippen molar-refractivity contribution in [1.29, 1.82) is 0 Å². The van der Waals surface area contributed by atoms with Crippen molar-refractivity contribution >= 4 is 23.3 Å². The minimum atomic E-state index is -1.17. The first-order valence-electron chi connectivity index (χ1n) is 7.35. The zero-order valence-corrected chi connectivity index (χ0v) is 13.7. The fourth-order valence-electron chi connectivity index (χ4n) is 2.08. The number of methoxy groups -OCH3 is 1. The predicted molar refractivity (Wildman–Crippen MR) is 90.5 cm³/mol. The number of amides is 1. The molecule has 7 heteroatoms. The second-order valence-electron chi connectivity index (χ2n) is 5.14. The maximum absolute atomic E-state index is 12.0. The summed E-state index contributed by atoms with van der Waals surface area (Å²) in [6.07, 6.45) is 0. The van der Waals surface area contributed by atoms with Gasteiger partial charge in [0.15, 0.2) is 12.4 Å². The van der Waals surface area contributed by atoms with Gasteiger partial charge in [-0.2, -0.15) is 0 Å². The molecule has 0 aromatic heterocycles. The lowest BCUT2D eigenvalue weighted by molar-refractivity contribution is -0.118. The molecule has 0 fully saturated rings. The number of Topliss-reactive ketones (excluding diaryl/α,β-unsaturated/α-hetero) is 1. The van der Waals surface area contributed by atoms with Crippen molar-refractivity contribution in [2.24, 2.45) is 0 Å². The molecule has 0 aliphatic heterocycles. The van der Waals surface area contributed by atoms with Crippen LogP contribution in [-0.4, -0.2) is 36.5 Å². The van der Waals surface area contributed by atoms with Crippen LogP contribution in [0.4, 0.5) is 5.69 Å². The minimum Gasteiger partial charge on any atom is -0.497 e. The molecule has 0 spiro atoms. The lowest BCUT2D eigenvalue weighted by Crippen LogP contribution is -2.21. The summed E-state index contributed by atoms with van der Waals surface area (Å²) in [4.78, 5) is 34.6. The van der Waals surface area contributed by atoms with E-state index >= 15 is 0 Å². The summed E-state index contributed by atoms with van der Waals surface area (Å²) in [7, 11) is 1.44. The number of carbonyl (C=O) groups is 3. The van der Waals surface area contributed by atoms with Crippen molar-refractivity contribution in [2.75, 3.05) is 19.0 Å². The molecule has 0 radical (unpaired) electrons. The highest BCUT2D eigenvalue weighted by Gasteiger charge is 2.14. The van der Waals surface area contributed by atoms with Gasteiger partial charge in [-0.1, -0.05) is 12.1 Å². The van der Waals surface area contributed by atoms with E-state index in [4.69, 9.17) is 14.6 Å². The van der Waals surface area contributed by atoms with E-state index in [0.29, 0.717) is 17.0 Å². The summed E-state index contributed by atoms with van der Waals surface area (Å²) in [6, 6.07) is 10.7. The number of carbonyl (C=O) groups excluding carboxylic acids is 2. The van der Waals surface area contributed by atoms with E-state index in [9.17, 15) is 14.4 Å². The molecular formula is C18H17NO6. The Morgan fingerprint density at radius 1 is 1.12 bits per heavy atom. The SMILES string of the molecule is COc1ccc(C(=O)O)c(OCC(=O)Nc2cccc(C(C)=O)c2)c1. The lowest BCUT2D eigenvalue weighted by atomic mass is 10.1. The van der Waals surface area contributed by atoms with Crippen LogP contribution in [0, 0.1) is 0 Å². The van der Waals surface area contributed by atoms with Gasteiger partial charge in [-0.05, 0) is 31.2 Å². The first kappa shape index (κ1) is 18.0. The van der Waals surface area contributed by atoms with E-state index < -0.39 is 18.5 Å². The lowest BCUT2D eigenvalue weighted by Gasteiger charge is -2.11. The van der Waals surface area contributed by atoms with Gasteiger partial charge in [0.05, 0.1) is 7.11 Å². The van der Waals surface area contributed by atoms with Gasteiger partial charge in [0.25, 0.3) is 5.91 Å². The van der Waals surface area contributed by atoms with Crippen LogP contribution in [0.15, 0.2) is 42.5 Å². The number of ketones is 1. The van der Waals surface area contributed by atoms with Gasteiger partial charge in [0.2, 0.25) is 0 Å². The molecule has 1 amide bonds. The number of anilines is 1. The van der Waals surface area contributed by atoms with Crippen molar-refractivity contribution in [3.8, 4) is 11.5 Å². The number of nitrogens with one attached hydrogen (secondary N) is 1. The molecule has 0 unspecified atom stereocenters. The molecular weight excluding hydrogens is 326 g/mol. The minimum absolute atomic E-state index is 0.0273. The fraction of sp³-hybridized carbons (Fsp3) is 0.167. The third-order valence-electron chi connectivity index (χ3n) is 3.33. The topological polar surface area (TPSA) is 102 Å². The normalized spacial score (nSPS) is 10.0. The Bertz CT molecular complexity index is 815. The molecule has 0 aliphatic rings. The number of hydrogen-bond donors (Lipinski definition) is 2. The number of carboxylic acids is 1. The van der Waals surface area contributed by atoms with Crippen LogP contribution < -0.4 is 14.8 Å². The van der Waals surface area contributed by atoms with Crippen molar-refractivity contribution in [3.63, 3.8) is 0 Å². The standard InChI is InChI=1S/C18H17NO6/c1-11(20)12-4-3-5-13(8-12)19-17(21)10-25-16-9-14(24-2)6-7-15(16)18(22)23/h3-9H,10H2,1-2H3,(H,19,21)(H,22,23). The first-order valence-corrected chi connectivity index (χ1v) is 7.35. The summed E-state index contributed by atoms with van der Waals surface area (Å²) in [5.41, 5.74) is 0.845. The zero-order valence-electron chi connectivity index (χ0n) is 13.7. The van der Waals surface area contributed by atoms with Crippen LogP contribution in [0.25, 0.3) is 0 Å². The molecule has 2 rings (SSSR count). The van der Waals surface area contributed by atoms with Crippen LogP contribution in [0.5, 0.6) is 11.5 Å². The van der Waals surface area contributed by atoms with Crippen LogP contribution in [0.3, 0.4) is 0 Å². The summed E-state index contributed by atoms with van der Waals surface area (Å²) in [5.74, 6) is -1.34. The van der Waals surface area contributed by atoms with Gasteiger partial charge in [-0.25, -0.2) is 4.79 Å². The van der Waals surface area contributed by atoms with Crippen LogP contribution in [0.1, 0.15) is 27.6 Å². The Labute approximate surface area is 144 Å². The van der Waals surface area contributed by atoms with Gasteiger partial charge in [0, 0.05) is 17.3 Å². The number of aromatic carboxylic acids is 1. The van der Waals surface area contributed by atoms with Crippen molar-refractivity contribution < 1.29 is 29.0 Å². The maximum Gasteiger partial charge on any atom is 0.339 e. The largest absolute Gasteiger partial charge is 0.497 e. The zero-order chi connectivity index (χ0) is 18.4. The van der Waals surface area contributed by atoms with Crippen molar-refractivity contribution in [1.82, 2.24) is 0 Å². The van der Waals surface area contributed by atoms with Gasteiger partial charge in [0.1, 0.15) is 17.1 Å². The molecule has 130 valence electrons. The fourth-order valence-corrected chi connectivity index (χ4v) is 2.08. The summed E-state index contributed by atoms with van der Waals surface area (Å²) in [5, 5.41) is 11.7. The molecule has 0 heterocycles. The van der Waals surface area contributed by atoms with Gasteiger partial charge in [-0.15, -0.1) is 0 Å². The van der Waals surface area contributed by atoms with Crippen LogP contribution in [-0.2, 0) is 4.79 Å². The number of benzene rings is 2. The van der Waals surface area contributed by atoms with E-state index in [0.717, 1.165) is 0 Å². The Morgan fingerprint density at radius 3 is 2.52 bits per heavy atom.